The van der Waals surface area contributed by atoms with E-state index in [1.54, 1.807) is 0 Å². The van der Waals surface area contributed by atoms with Crippen molar-refractivity contribution in [2.45, 2.75) is 46.7 Å². The Labute approximate surface area is 128 Å². The molecule has 0 amide bonds. The molecule has 0 atom stereocenters. The number of para-hydroxylation sites is 1. The van der Waals surface area contributed by atoms with Crippen molar-refractivity contribution in [3.8, 4) is 11.5 Å². The predicted octanol–water partition coefficient (Wildman–Crippen LogP) is 4.85. The number of aryl methyl sites for hydroxylation is 2. The molecule has 0 aliphatic heterocycles. The molecule has 21 heavy (non-hydrogen) atoms. The van der Waals surface area contributed by atoms with Crippen LogP contribution in [0.3, 0.4) is 0 Å². The molecular weight excluding hydrogens is 258 g/mol. The highest BCUT2D eigenvalue weighted by molar-refractivity contribution is 5.43. The third kappa shape index (κ3) is 4.33. The van der Waals surface area contributed by atoms with Crippen LogP contribution >= 0.6 is 0 Å². The largest absolute Gasteiger partial charge is 0.457 e. The van der Waals surface area contributed by atoms with E-state index >= 15 is 0 Å². The van der Waals surface area contributed by atoms with E-state index in [9.17, 15) is 0 Å². The van der Waals surface area contributed by atoms with Gasteiger partial charge in [-0.3, -0.25) is 0 Å². The number of nitrogens with one attached hydrogen (secondary N) is 1. The fourth-order valence-corrected chi connectivity index (χ4v) is 2.27. The lowest BCUT2D eigenvalue weighted by Gasteiger charge is -2.16. The fourth-order valence-electron chi connectivity index (χ4n) is 2.27. The van der Waals surface area contributed by atoms with Gasteiger partial charge in [0.15, 0.2) is 0 Å². The van der Waals surface area contributed by atoms with Gasteiger partial charge in [0.1, 0.15) is 11.5 Å². The first-order valence-electron chi connectivity index (χ1n) is 7.68. The Bertz CT molecular complexity index is 590. The van der Waals surface area contributed by atoms with E-state index in [4.69, 9.17) is 4.74 Å². The van der Waals surface area contributed by atoms with Crippen LogP contribution in [0.25, 0.3) is 0 Å². The summed E-state index contributed by atoms with van der Waals surface area (Å²) >= 11 is 0. The molecule has 2 aromatic rings. The van der Waals surface area contributed by atoms with Gasteiger partial charge in [-0.05, 0) is 31.0 Å². The second-order valence-electron chi connectivity index (χ2n) is 5.71. The summed E-state index contributed by atoms with van der Waals surface area (Å²) < 4.78 is 6.18. The summed E-state index contributed by atoms with van der Waals surface area (Å²) in [5, 5.41) is 3.46. The van der Waals surface area contributed by atoms with Crippen molar-refractivity contribution in [1.29, 1.82) is 0 Å². The Morgan fingerprint density at radius 3 is 2.43 bits per heavy atom. The maximum Gasteiger partial charge on any atom is 0.131 e. The minimum atomic E-state index is 0.460. The van der Waals surface area contributed by atoms with E-state index < -0.39 is 0 Å². The monoisotopic (exact) mass is 283 g/mol. The van der Waals surface area contributed by atoms with E-state index in [1.807, 2.05) is 12.1 Å². The molecule has 0 saturated carbocycles. The lowest BCUT2D eigenvalue weighted by atomic mass is 10.1. The van der Waals surface area contributed by atoms with Crippen molar-refractivity contribution in [3.63, 3.8) is 0 Å². The minimum absolute atomic E-state index is 0.460. The van der Waals surface area contributed by atoms with Crippen molar-refractivity contribution >= 4 is 0 Å². The van der Waals surface area contributed by atoms with Crippen molar-refractivity contribution in [2.24, 2.45) is 0 Å². The molecule has 0 heterocycles. The second kappa shape index (κ2) is 7.28. The van der Waals surface area contributed by atoms with Gasteiger partial charge < -0.3 is 10.1 Å². The zero-order valence-corrected chi connectivity index (χ0v) is 13.4. The maximum atomic E-state index is 6.18. The Hall–Kier alpha value is -1.80. The van der Waals surface area contributed by atoms with Crippen molar-refractivity contribution in [1.82, 2.24) is 5.32 Å². The molecule has 0 fully saturated rings. The van der Waals surface area contributed by atoms with Crippen molar-refractivity contribution in [3.05, 3.63) is 59.2 Å². The second-order valence-corrected chi connectivity index (χ2v) is 5.71. The molecule has 2 heteroatoms. The molecule has 112 valence electrons. The van der Waals surface area contributed by atoms with Crippen LogP contribution in [0.5, 0.6) is 11.5 Å². The molecule has 2 nitrogen and oxygen atoms in total. The number of hydrogen-bond donors (Lipinski definition) is 1. The van der Waals surface area contributed by atoms with Crippen LogP contribution in [-0.2, 0) is 13.0 Å². The van der Waals surface area contributed by atoms with Gasteiger partial charge in [0.25, 0.3) is 0 Å². The molecule has 1 N–H and O–H groups in total. The van der Waals surface area contributed by atoms with E-state index in [2.05, 4.69) is 63.3 Å². The van der Waals surface area contributed by atoms with Gasteiger partial charge in [-0.1, -0.05) is 56.7 Å². The van der Waals surface area contributed by atoms with E-state index in [0.29, 0.717) is 6.04 Å². The smallest absolute Gasteiger partial charge is 0.131 e. The lowest BCUT2D eigenvalue weighted by Crippen LogP contribution is -2.22. The maximum absolute atomic E-state index is 6.18. The highest BCUT2D eigenvalue weighted by atomic mass is 16.5. The Balaban J connectivity index is 2.26. The molecule has 2 rings (SSSR count). The van der Waals surface area contributed by atoms with Gasteiger partial charge in [-0.2, -0.15) is 0 Å². The molecule has 2 aromatic carbocycles. The van der Waals surface area contributed by atoms with Crippen LogP contribution < -0.4 is 10.1 Å². The number of rotatable bonds is 6. The quantitative estimate of drug-likeness (QED) is 0.818. The van der Waals surface area contributed by atoms with Crippen molar-refractivity contribution in [2.75, 3.05) is 0 Å². The molecule has 0 aromatic heterocycles. The highest BCUT2D eigenvalue weighted by Gasteiger charge is 2.08. The molecule has 0 aliphatic rings. The Morgan fingerprint density at radius 1 is 1.00 bits per heavy atom. The first-order chi connectivity index (χ1) is 10.1. The molecule has 0 bridgehead atoms. The van der Waals surface area contributed by atoms with Crippen LogP contribution in [0.4, 0.5) is 0 Å². The summed E-state index contributed by atoms with van der Waals surface area (Å²) in [7, 11) is 0. The van der Waals surface area contributed by atoms with Crippen LogP contribution in [0, 0.1) is 6.92 Å². The van der Waals surface area contributed by atoms with Crippen LogP contribution in [-0.4, -0.2) is 6.04 Å². The van der Waals surface area contributed by atoms with E-state index in [-0.39, 0.29) is 0 Å². The van der Waals surface area contributed by atoms with Gasteiger partial charge in [0, 0.05) is 18.2 Å². The van der Waals surface area contributed by atoms with Gasteiger partial charge >= 0.3 is 0 Å². The average Bonchev–Trinajstić information content (AvgIpc) is 2.48. The number of benzene rings is 2. The first-order valence-corrected chi connectivity index (χ1v) is 7.68. The fraction of sp³-hybridized carbons (Fsp3) is 0.368. The van der Waals surface area contributed by atoms with E-state index in [1.165, 1.54) is 16.7 Å². The van der Waals surface area contributed by atoms with Gasteiger partial charge in [0.05, 0.1) is 0 Å². The SMILES string of the molecule is CCc1ccccc1Oc1ccc(C)cc1CNC(C)C. The molecule has 0 spiro atoms. The Kier molecular flexibility index (Phi) is 5.40. The van der Waals surface area contributed by atoms with Crippen LogP contribution in [0.1, 0.15) is 37.5 Å². The molecule has 0 saturated heterocycles. The van der Waals surface area contributed by atoms with Gasteiger partial charge in [-0.15, -0.1) is 0 Å². The standard InChI is InChI=1S/C19H25NO/c1-5-16-8-6-7-9-18(16)21-19-11-10-15(4)12-17(19)13-20-14(2)3/h6-12,14,20H,5,13H2,1-4H3. The van der Waals surface area contributed by atoms with Gasteiger partial charge in [-0.25, -0.2) is 0 Å². The summed E-state index contributed by atoms with van der Waals surface area (Å²) in [5.74, 6) is 1.89. The summed E-state index contributed by atoms with van der Waals surface area (Å²) in [6.45, 7) is 9.40. The van der Waals surface area contributed by atoms with Crippen LogP contribution in [0.2, 0.25) is 0 Å². The highest BCUT2D eigenvalue weighted by Crippen LogP contribution is 2.29. The average molecular weight is 283 g/mol. The zero-order chi connectivity index (χ0) is 15.2. The zero-order valence-electron chi connectivity index (χ0n) is 13.4. The van der Waals surface area contributed by atoms with Gasteiger partial charge in [0.2, 0.25) is 0 Å². The number of ether oxygens (including phenoxy) is 1. The van der Waals surface area contributed by atoms with Crippen LogP contribution in [0.15, 0.2) is 42.5 Å². The lowest BCUT2D eigenvalue weighted by molar-refractivity contribution is 0.464. The van der Waals surface area contributed by atoms with E-state index in [0.717, 1.165) is 24.5 Å². The summed E-state index contributed by atoms with van der Waals surface area (Å²) in [4.78, 5) is 0. The third-order valence-electron chi connectivity index (χ3n) is 3.49. The predicted molar refractivity (Wildman–Crippen MR) is 89.0 cm³/mol. The number of hydrogen-bond acceptors (Lipinski definition) is 2. The first kappa shape index (κ1) is 15.6. The summed E-state index contributed by atoms with van der Waals surface area (Å²) in [6.07, 6.45) is 0.974. The topological polar surface area (TPSA) is 21.3 Å². The third-order valence-corrected chi connectivity index (χ3v) is 3.49. The molecule has 0 aliphatic carbocycles. The summed E-state index contributed by atoms with van der Waals surface area (Å²) in [6, 6.07) is 15.1. The normalized spacial score (nSPS) is 10.9. The Morgan fingerprint density at radius 2 is 1.71 bits per heavy atom. The molecule has 0 unspecified atom stereocenters. The molecule has 0 radical (unpaired) electrons. The minimum Gasteiger partial charge on any atom is -0.457 e. The summed E-state index contributed by atoms with van der Waals surface area (Å²) in [5.41, 5.74) is 3.70. The van der Waals surface area contributed by atoms with Crippen molar-refractivity contribution < 1.29 is 4.74 Å². The molecular formula is C19H25NO.